The number of carboxylic acid groups (broad SMARTS) is 1. The molecule has 0 saturated heterocycles. The van der Waals surface area contributed by atoms with Crippen LogP contribution in [0.2, 0.25) is 0 Å². The topological polar surface area (TPSA) is 203 Å². The van der Waals surface area contributed by atoms with Gasteiger partial charge in [0.2, 0.25) is 5.91 Å². The lowest BCUT2D eigenvalue weighted by atomic mass is 9.99. The number of benzene rings is 3. The van der Waals surface area contributed by atoms with Crippen molar-refractivity contribution in [1.29, 1.82) is 0 Å². The molecule has 4 N–H and O–H groups in total. The maximum atomic E-state index is 15.4. The van der Waals surface area contributed by atoms with Crippen molar-refractivity contribution < 1.29 is 73.3 Å². The first-order chi connectivity index (χ1) is 29.1. The number of hydrogen-bond donors (Lipinski definition) is 4. The number of ether oxygens (including phenoxy) is 3. The second-order valence-corrected chi connectivity index (χ2v) is 17.7. The van der Waals surface area contributed by atoms with E-state index in [9.17, 15) is 54.7 Å². The van der Waals surface area contributed by atoms with E-state index in [1.165, 1.54) is 43.4 Å². The Labute approximate surface area is 358 Å². The molecule has 4 aromatic rings. The summed E-state index contributed by atoms with van der Waals surface area (Å²) < 4.78 is 122. The van der Waals surface area contributed by atoms with E-state index in [2.05, 4.69) is 20.9 Å². The normalized spacial score (nSPS) is 12.7. The average molecular weight is 914 g/mol. The first-order valence-corrected chi connectivity index (χ1v) is 20.4. The van der Waals surface area contributed by atoms with Crippen LogP contribution in [0.15, 0.2) is 65.7 Å². The summed E-state index contributed by atoms with van der Waals surface area (Å²) in [5.41, 5.74) is -7.91. The molecular formula is C41H45F6N5O10S. The minimum atomic E-state index is -5.73. The van der Waals surface area contributed by atoms with Gasteiger partial charge >= 0.3 is 23.7 Å². The van der Waals surface area contributed by atoms with Crippen molar-refractivity contribution in [2.75, 3.05) is 29.2 Å². The summed E-state index contributed by atoms with van der Waals surface area (Å²) in [6.07, 6.45) is -5.14. The minimum absolute atomic E-state index is 0.0255. The highest BCUT2D eigenvalue weighted by atomic mass is 32.2. The quantitative estimate of drug-likeness (QED) is 0.0828. The van der Waals surface area contributed by atoms with Crippen LogP contribution in [0.1, 0.15) is 70.7 Å². The fourth-order valence-electron chi connectivity index (χ4n) is 5.89. The van der Waals surface area contributed by atoms with Crippen molar-refractivity contribution in [2.24, 2.45) is 0 Å². The van der Waals surface area contributed by atoms with E-state index in [1.54, 1.807) is 41.5 Å². The summed E-state index contributed by atoms with van der Waals surface area (Å²) in [4.78, 5) is 55.9. The molecule has 22 heteroatoms. The molecule has 0 aliphatic heterocycles. The van der Waals surface area contributed by atoms with E-state index >= 15 is 4.39 Å². The first-order valence-electron chi connectivity index (χ1n) is 18.9. The molecule has 0 aliphatic carbocycles. The zero-order chi connectivity index (χ0) is 47.2. The van der Waals surface area contributed by atoms with Crippen molar-refractivity contribution in [1.82, 2.24) is 10.3 Å². The number of imide groups is 1. The standard InChI is InChI=1S/C41H45F6N5O10S/c1-39(2,3)61-37(56)52(38(57)62-40(4,5)6)35-27-12-10-26(18-28(27)29(42)20-49-35)51-34(36(54)55)23-8-13-30(60-21-32(43)44)22(16-23)9-15-33(53)50-25-11-14-31(24(17-25)19-48-7)63(58,59)41(45,46)47/h8,10-14,16-18,20,32,34,48,51H,9,15,19,21H2,1-7H3,(H,50,53)(H,54,55). The van der Waals surface area contributed by atoms with Gasteiger partial charge in [0.1, 0.15) is 29.4 Å². The molecule has 1 heterocycles. The van der Waals surface area contributed by atoms with E-state index in [0.29, 0.717) is 11.0 Å². The number of aryl methyl sites for hydroxylation is 1. The van der Waals surface area contributed by atoms with E-state index < -0.39 is 86.8 Å². The highest BCUT2D eigenvalue weighted by Gasteiger charge is 2.48. The number of alkyl halides is 5. The molecule has 0 fully saturated rings. The number of fused-ring (bicyclic) bond motifs is 1. The lowest BCUT2D eigenvalue weighted by Crippen LogP contribution is -2.44. The van der Waals surface area contributed by atoms with Gasteiger partial charge in [0.15, 0.2) is 11.9 Å². The van der Waals surface area contributed by atoms with Crippen molar-refractivity contribution >= 4 is 61.9 Å². The van der Waals surface area contributed by atoms with E-state index in [4.69, 9.17) is 14.2 Å². The summed E-state index contributed by atoms with van der Waals surface area (Å²) in [7, 11) is -4.36. The highest BCUT2D eigenvalue weighted by Crippen LogP contribution is 2.35. The fraction of sp³-hybridized carbons (Fsp3) is 0.390. The second-order valence-electron chi connectivity index (χ2n) is 15.8. The van der Waals surface area contributed by atoms with Crippen molar-refractivity contribution in [3.8, 4) is 5.75 Å². The van der Waals surface area contributed by atoms with Gasteiger partial charge in [0.25, 0.3) is 16.3 Å². The summed E-state index contributed by atoms with van der Waals surface area (Å²) in [5, 5.41) is 17.8. The molecule has 3 aromatic carbocycles. The zero-order valence-electron chi connectivity index (χ0n) is 34.9. The number of carbonyl (C=O) groups excluding carboxylic acids is 3. The lowest BCUT2D eigenvalue weighted by Gasteiger charge is -2.28. The van der Waals surface area contributed by atoms with Crippen molar-refractivity contribution in [3.63, 3.8) is 0 Å². The number of nitrogens with one attached hydrogen (secondary N) is 3. The molecule has 342 valence electrons. The smallest absolute Gasteiger partial charge is 0.487 e. The first kappa shape index (κ1) is 49.5. The summed E-state index contributed by atoms with van der Waals surface area (Å²) in [6, 6.07) is 8.67. The SMILES string of the molecule is CNCc1cc(NC(=O)CCc2cc(C(Nc3ccc4c(N(C(=O)OC(C)(C)C)C(=O)OC(C)(C)C)ncc(F)c4c3)C(=O)O)ccc2OCC(F)F)ccc1S(=O)(=O)C(F)(F)F. The van der Waals surface area contributed by atoms with Crippen molar-refractivity contribution in [3.05, 3.63) is 83.3 Å². The molecule has 0 aliphatic rings. The van der Waals surface area contributed by atoms with Gasteiger partial charge in [-0.05, 0) is 120 Å². The fourth-order valence-corrected chi connectivity index (χ4v) is 6.86. The number of sulfone groups is 1. The van der Waals surface area contributed by atoms with Crippen LogP contribution in [0.4, 0.5) is 53.1 Å². The molecule has 63 heavy (non-hydrogen) atoms. The number of aliphatic carboxylic acids is 1. The van der Waals surface area contributed by atoms with Crippen LogP contribution in [0, 0.1) is 5.82 Å². The molecule has 0 radical (unpaired) electrons. The highest BCUT2D eigenvalue weighted by molar-refractivity contribution is 7.92. The maximum Gasteiger partial charge on any atom is 0.501 e. The van der Waals surface area contributed by atoms with Crippen LogP contribution < -0.4 is 25.6 Å². The molecule has 1 aromatic heterocycles. The van der Waals surface area contributed by atoms with Crippen LogP contribution in [-0.4, -0.2) is 79.4 Å². The number of pyridine rings is 1. The molecule has 0 saturated carbocycles. The average Bonchev–Trinajstić information content (AvgIpc) is 3.14. The van der Waals surface area contributed by atoms with Crippen LogP contribution in [0.3, 0.4) is 0 Å². The Kier molecular flexibility index (Phi) is 15.3. The van der Waals surface area contributed by atoms with Gasteiger partial charge in [-0.1, -0.05) is 6.07 Å². The molecule has 4 rings (SSSR count). The number of rotatable bonds is 15. The number of nitrogens with zero attached hydrogens (tertiary/aromatic N) is 2. The monoisotopic (exact) mass is 913 g/mol. The molecule has 15 nitrogen and oxygen atoms in total. The van der Waals surface area contributed by atoms with E-state index in [1.807, 2.05) is 0 Å². The molecule has 1 atom stereocenters. The summed E-state index contributed by atoms with van der Waals surface area (Å²) in [5.74, 6) is -3.58. The Bertz CT molecular complexity index is 2450. The molecular weight excluding hydrogens is 869 g/mol. The number of anilines is 3. The van der Waals surface area contributed by atoms with Crippen LogP contribution in [-0.2, 0) is 41.9 Å². The second kappa shape index (κ2) is 19.5. The predicted octanol–water partition coefficient (Wildman–Crippen LogP) is 8.52. The van der Waals surface area contributed by atoms with Gasteiger partial charge in [-0.25, -0.2) is 41.0 Å². The van der Waals surface area contributed by atoms with Gasteiger partial charge < -0.3 is 35.3 Å². The van der Waals surface area contributed by atoms with E-state index in [-0.39, 0.29) is 63.4 Å². The zero-order valence-corrected chi connectivity index (χ0v) is 35.8. The van der Waals surface area contributed by atoms with E-state index in [0.717, 1.165) is 18.3 Å². The van der Waals surface area contributed by atoms with Crippen LogP contribution in [0.25, 0.3) is 10.8 Å². The third kappa shape index (κ3) is 12.9. The van der Waals surface area contributed by atoms with Gasteiger partial charge in [-0.15, -0.1) is 0 Å². The Morgan fingerprint density at radius 1 is 0.841 bits per heavy atom. The van der Waals surface area contributed by atoms with Gasteiger partial charge in [0.05, 0.1) is 11.1 Å². The largest absolute Gasteiger partial charge is 0.501 e. The Morgan fingerprint density at radius 3 is 2.02 bits per heavy atom. The lowest BCUT2D eigenvalue weighted by molar-refractivity contribution is -0.138. The number of carbonyl (C=O) groups is 4. The summed E-state index contributed by atoms with van der Waals surface area (Å²) in [6.45, 7) is 8.00. The molecule has 1 unspecified atom stereocenters. The van der Waals surface area contributed by atoms with Gasteiger partial charge in [0, 0.05) is 35.1 Å². The number of halogens is 6. The molecule has 0 spiro atoms. The van der Waals surface area contributed by atoms with Crippen molar-refractivity contribution in [2.45, 2.75) is 95.0 Å². The number of amides is 3. The van der Waals surface area contributed by atoms with Gasteiger partial charge in [-0.3, -0.25) is 4.79 Å². The van der Waals surface area contributed by atoms with Gasteiger partial charge in [-0.2, -0.15) is 18.1 Å². The Balaban J connectivity index is 1.66. The maximum absolute atomic E-state index is 15.4. The number of carboxylic acids is 1. The Morgan fingerprint density at radius 2 is 1.46 bits per heavy atom. The Hall–Kier alpha value is -6.16. The predicted molar refractivity (Wildman–Crippen MR) is 218 cm³/mol. The third-order valence-electron chi connectivity index (χ3n) is 8.45. The number of aromatic nitrogens is 1. The molecule has 3 amide bonds. The third-order valence-corrected chi connectivity index (χ3v) is 10.0. The summed E-state index contributed by atoms with van der Waals surface area (Å²) >= 11 is 0. The number of hydrogen-bond acceptors (Lipinski definition) is 12. The molecule has 0 bridgehead atoms. The minimum Gasteiger partial charge on any atom is -0.487 e. The van der Waals surface area contributed by atoms with Crippen LogP contribution in [0.5, 0.6) is 5.75 Å². The van der Waals surface area contributed by atoms with Crippen LogP contribution >= 0.6 is 0 Å².